The lowest BCUT2D eigenvalue weighted by Crippen LogP contribution is -2.37. The average molecular weight is 272 g/mol. The summed E-state index contributed by atoms with van der Waals surface area (Å²) in [5.74, 6) is 5.98. The highest BCUT2D eigenvalue weighted by Crippen LogP contribution is 2.23. The maximum absolute atomic E-state index is 12.3. The van der Waals surface area contributed by atoms with Crippen molar-refractivity contribution in [1.82, 2.24) is 4.90 Å². The van der Waals surface area contributed by atoms with E-state index in [1.165, 1.54) is 0 Å². The highest BCUT2D eigenvalue weighted by atomic mass is 16.2. The van der Waals surface area contributed by atoms with E-state index in [4.69, 9.17) is 5.73 Å². The molecule has 0 saturated carbocycles. The zero-order valence-electron chi connectivity index (χ0n) is 12.9. The van der Waals surface area contributed by atoms with Crippen molar-refractivity contribution in [2.75, 3.05) is 13.6 Å². The molecule has 1 rings (SSSR count). The van der Waals surface area contributed by atoms with Crippen LogP contribution < -0.4 is 5.73 Å². The van der Waals surface area contributed by atoms with Crippen molar-refractivity contribution in [1.29, 1.82) is 0 Å². The molecule has 3 heteroatoms. The first-order valence-corrected chi connectivity index (χ1v) is 6.94. The molecule has 0 saturated heterocycles. The average Bonchev–Trinajstić information content (AvgIpc) is 2.45. The first kappa shape index (κ1) is 16.3. The fraction of sp³-hybridized carbons (Fsp3) is 0.471. The molecule has 0 unspecified atom stereocenters. The summed E-state index contributed by atoms with van der Waals surface area (Å²) < 4.78 is 0. The molecular weight excluding hydrogens is 248 g/mol. The van der Waals surface area contributed by atoms with Crippen molar-refractivity contribution in [3.8, 4) is 11.8 Å². The van der Waals surface area contributed by atoms with Gasteiger partial charge in [-0.2, -0.15) is 0 Å². The minimum atomic E-state index is -0.304. The van der Waals surface area contributed by atoms with E-state index in [0.29, 0.717) is 13.1 Å². The molecular formula is C17H24N2O. The fourth-order valence-electron chi connectivity index (χ4n) is 1.86. The summed E-state index contributed by atoms with van der Waals surface area (Å²) in [6.07, 6.45) is 0.837. The maximum atomic E-state index is 12.3. The smallest absolute Gasteiger partial charge is 0.228 e. The Morgan fingerprint density at radius 2 is 1.90 bits per heavy atom. The first-order chi connectivity index (χ1) is 9.40. The third-order valence-corrected chi connectivity index (χ3v) is 3.52. The van der Waals surface area contributed by atoms with Crippen molar-refractivity contribution >= 4 is 5.91 Å². The second kappa shape index (κ2) is 7.12. The molecule has 0 aliphatic heterocycles. The quantitative estimate of drug-likeness (QED) is 0.855. The zero-order valence-corrected chi connectivity index (χ0v) is 12.9. The van der Waals surface area contributed by atoms with Crippen LogP contribution in [0.5, 0.6) is 0 Å². The van der Waals surface area contributed by atoms with Crippen LogP contribution in [0.2, 0.25) is 0 Å². The summed E-state index contributed by atoms with van der Waals surface area (Å²) in [7, 11) is 1.85. The van der Waals surface area contributed by atoms with Crippen molar-refractivity contribution < 1.29 is 4.79 Å². The van der Waals surface area contributed by atoms with Crippen molar-refractivity contribution in [2.24, 2.45) is 11.1 Å². The highest BCUT2D eigenvalue weighted by molar-refractivity contribution is 5.81. The Morgan fingerprint density at radius 1 is 1.30 bits per heavy atom. The topological polar surface area (TPSA) is 46.3 Å². The van der Waals surface area contributed by atoms with Gasteiger partial charge in [0, 0.05) is 24.6 Å². The van der Waals surface area contributed by atoms with Crippen LogP contribution in [0.15, 0.2) is 24.3 Å². The molecule has 0 atom stereocenters. The largest absolute Gasteiger partial charge is 0.341 e. The van der Waals surface area contributed by atoms with Crippen LogP contribution in [-0.4, -0.2) is 24.4 Å². The van der Waals surface area contributed by atoms with Gasteiger partial charge in [0.2, 0.25) is 5.91 Å². The van der Waals surface area contributed by atoms with Gasteiger partial charge < -0.3 is 10.6 Å². The number of carbonyl (C=O) groups excluding carboxylic acids is 1. The summed E-state index contributed by atoms with van der Waals surface area (Å²) in [6, 6.07) is 7.93. The van der Waals surface area contributed by atoms with Crippen LogP contribution in [0.25, 0.3) is 0 Å². The fourth-order valence-corrected chi connectivity index (χ4v) is 1.86. The number of rotatable bonds is 4. The van der Waals surface area contributed by atoms with Gasteiger partial charge in [-0.3, -0.25) is 4.79 Å². The molecule has 0 aliphatic carbocycles. The summed E-state index contributed by atoms with van der Waals surface area (Å²) in [4.78, 5) is 14.1. The Morgan fingerprint density at radius 3 is 2.40 bits per heavy atom. The van der Waals surface area contributed by atoms with Crippen molar-refractivity contribution in [3.05, 3.63) is 35.4 Å². The Bertz CT molecular complexity index is 506. The van der Waals surface area contributed by atoms with E-state index in [0.717, 1.165) is 17.5 Å². The summed E-state index contributed by atoms with van der Waals surface area (Å²) in [5, 5.41) is 0. The molecule has 0 aliphatic rings. The lowest BCUT2D eigenvalue weighted by Gasteiger charge is -2.28. The van der Waals surface area contributed by atoms with Crippen LogP contribution in [0.1, 0.15) is 38.3 Å². The Kier molecular flexibility index (Phi) is 5.79. The maximum Gasteiger partial charge on any atom is 0.228 e. The van der Waals surface area contributed by atoms with Gasteiger partial charge >= 0.3 is 0 Å². The molecule has 0 bridgehead atoms. The minimum absolute atomic E-state index is 0.173. The number of hydrogen-bond donors (Lipinski definition) is 1. The second-order valence-corrected chi connectivity index (χ2v) is 5.60. The molecule has 1 aromatic carbocycles. The predicted octanol–water partition coefficient (Wildman–Crippen LogP) is 2.39. The molecule has 20 heavy (non-hydrogen) atoms. The molecule has 0 heterocycles. The normalized spacial score (nSPS) is 10.7. The molecule has 2 N–H and O–H groups in total. The number of hydrogen-bond acceptors (Lipinski definition) is 2. The molecule has 3 nitrogen and oxygen atoms in total. The van der Waals surface area contributed by atoms with Crippen LogP contribution in [0.3, 0.4) is 0 Å². The molecule has 0 fully saturated rings. The van der Waals surface area contributed by atoms with Gasteiger partial charge in [0.1, 0.15) is 0 Å². The number of nitrogens with two attached hydrogens (primary N) is 1. The minimum Gasteiger partial charge on any atom is -0.341 e. The van der Waals surface area contributed by atoms with Crippen molar-refractivity contribution in [2.45, 2.75) is 33.7 Å². The van der Waals surface area contributed by atoms with Crippen LogP contribution in [0.4, 0.5) is 0 Å². The summed E-state index contributed by atoms with van der Waals surface area (Å²) in [6.45, 7) is 6.99. The van der Waals surface area contributed by atoms with Gasteiger partial charge in [-0.1, -0.05) is 44.7 Å². The third-order valence-electron chi connectivity index (χ3n) is 3.52. The monoisotopic (exact) mass is 272 g/mol. The SMILES string of the molecule is CCC(C)(C)C(=O)N(C)Cc1ccc(C#CCN)cc1. The van der Waals surface area contributed by atoms with E-state index in [9.17, 15) is 4.79 Å². The van der Waals surface area contributed by atoms with Gasteiger partial charge in [-0.05, 0) is 24.1 Å². The van der Waals surface area contributed by atoms with Gasteiger partial charge in [0.25, 0.3) is 0 Å². The predicted molar refractivity (Wildman–Crippen MR) is 82.9 cm³/mol. The summed E-state index contributed by atoms with van der Waals surface area (Å²) in [5.41, 5.74) is 7.09. The van der Waals surface area contributed by atoms with E-state index in [2.05, 4.69) is 11.8 Å². The van der Waals surface area contributed by atoms with E-state index < -0.39 is 0 Å². The number of nitrogens with zero attached hydrogens (tertiary/aromatic N) is 1. The van der Waals surface area contributed by atoms with E-state index >= 15 is 0 Å². The number of benzene rings is 1. The molecule has 0 spiro atoms. The Balaban J connectivity index is 2.71. The summed E-state index contributed by atoms with van der Waals surface area (Å²) >= 11 is 0. The molecule has 108 valence electrons. The van der Waals surface area contributed by atoms with Gasteiger partial charge in [0.05, 0.1) is 6.54 Å². The Hall–Kier alpha value is -1.79. The standard InChI is InChI=1S/C17H24N2O/c1-5-17(2,3)16(20)19(4)13-15-10-8-14(9-11-15)7-6-12-18/h8-11H,5,12-13,18H2,1-4H3. The van der Waals surface area contributed by atoms with Crippen LogP contribution in [-0.2, 0) is 11.3 Å². The molecule has 0 aromatic heterocycles. The van der Waals surface area contributed by atoms with Gasteiger partial charge in [0.15, 0.2) is 0 Å². The number of carbonyl (C=O) groups is 1. The lowest BCUT2D eigenvalue weighted by atomic mass is 9.88. The lowest BCUT2D eigenvalue weighted by molar-refractivity contribution is -0.139. The zero-order chi connectivity index (χ0) is 15.2. The highest BCUT2D eigenvalue weighted by Gasteiger charge is 2.28. The first-order valence-electron chi connectivity index (χ1n) is 6.94. The molecule has 1 amide bonds. The van der Waals surface area contributed by atoms with E-state index in [1.807, 2.05) is 52.1 Å². The van der Waals surface area contributed by atoms with Crippen LogP contribution in [0, 0.1) is 17.3 Å². The third kappa shape index (κ3) is 4.40. The van der Waals surface area contributed by atoms with E-state index in [1.54, 1.807) is 4.90 Å². The van der Waals surface area contributed by atoms with Crippen molar-refractivity contribution in [3.63, 3.8) is 0 Å². The van der Waals surface area contributed by atoms with Gasteiger partial charge in [-0.15, -0.1) is 0 Å². The van der Waals surface area contributed by atoms with Crippen LogP contribution >= 0.6 is 0 Å². The molecule has 1 aromatic rings. The van der Waals surface area contributed by atoms with E-state index in [-0.39, 0.29) is 11.3 Å². The Labute approximate surface area is 122 Å². The second-order valence-electron chi connectivity index (χ2n) is 5.60. The number of amides is 1. The molecule has 0 radical (unpaired) electrons. The van der Waals surface area contributed by atoms with Gasteiger partial charge in [-0.25, -0.2) is 0 Å².